The van der Waals surface area contributed by atoms with Gasteiger partial charge < -0.3 is 4.74 Å². The molecule has 24 heavy (non-hydrogen) atoms. The minimum Gasteiger partial charge on any atom is -0.457 e. The van der Waals surface area contributed by atoms with E-state index in [4.69, 9.17) is 4.74 Å². The van der Waals surface area contributed by atoms with Crippen LogP contribution in [0.25, 0.3) is 5.13 Å². The summed E-state index contributed by atoms with van der Waals surface area (Å²) < 4.78 is 7.06. The second-order valence-corrected chi connectivity index (χ2v) is 7.18. The number of carbonyl (C=O) groups excluding carboxylic acids is 2. The van der Waals surface area contributed by atoms with E-state index in [-0.39, 0.29) is 24.8 Å². The quantitative estimate of drug-likeness (QED) is 0.498. The smallest absolute Gasteiger partial charge is 0.311 e. The zero-order chi connectivity index (χ0) is 17.1. The molecule has 0 fully saturated rings. The van der Waals surface area contributed by atoms with Gasteiger partial charge in [0.2, 0.25) is 5.78 Å². The fourth-order valence-corrected chi connectivity index (χ4v) is 3.94. The van der Waals surface area contributed by atoms with E-state index in [0.29, 0.717) is 5.56 Å². The molecule has 7 heteroatoms. The van der Waals surface area contributed by atoms with Crippen LogP contribution in [-0.4, -0.2) is 27.9 Å². The van der Waals surface area contributed by atoms with Crippen molar-refractivity contribution in [1.82, 2.24) is 9.55 Å². The zero-order valence-corrected chi connectivity index (χ0v) is 14.9. The summed E-state index contributed by atoms with van der Waals surface area (Å²) in [5, 5.41) is 4.61. The highest BCUT2D eigenvalue weighted by atomic mass is 32.1. The van der Waals surface area contributed by atoms with E-state index >= 15 is 0 Å². The second-order valence-electron chi connectivity index (χ2n) is 5.27. The van der Waals surface area contributed by atoms with Gasteiger partial charge in [-0.15, -0.1) is 22.7 Å². The van der Waals surface area contributed by atoms with Crippen molar-refractivity contribution in [3.63, 3.8) is 0 Å². The third kappa shape index (κ3) is 3.47. The first-order valence-electron chi connectivity index (χ1n) is 7.36. The van der Waals surface area contributed by atoms with E-state index in [0.717, 1.165) is 21.4 Å². The molecule has 5 nitrogen and oxygen atoms in total. The minimum atomic E-state index is -0.389. The van der Waals surface area contributed by atoms with E-state index in [1.165, 1.54) is 22.7 Å². The van der Waals surface area contributed by atoms with Gasteiger partial charge in [0.1, 0.15) is 0 Å². The van der Waals surface area contributed by atoms with E-state index < -0.39 is 0 Å². The van der Waals surface area contributed by atoms with Gasteiger partial charge >= 0.3 is 5.97 Å². The molecule has 0 spiro atoms. The predicted molar refractivity (Wildman–Crippen MR) is 94.2 cm³/mol. The molecule has 0 saturated carbocycles. The average Bonchev–Trinajstić information content (AvgIpc) is 3.27. The van der Waals surface area contributed by atoms with Gasteiger partial charge in [-0.3, -0.25) is 14.2 Å². The molecular weight excluding hydrogens is 344 g/mol. The van der Waals surface area contributed by atoms with Gasteiger partial charge in [-0.05, 0) is 31.4 Å². The highest BCUT2D eigenvalue weighted by molar-refractivity contribution is 7.12. The highest BCUT2D eigenvalue weighted by Crippen LogP contribution is 2.22. The maximum absolute atomic E-state index is 12.4. The van der Waals surface area contributed by atoms with Crippen molar-refractivity contribution in [2.45, 2.75) is 20.3 Å². The lowest BCUT2D eigenvalue weighted by Gasteiger charge is -2.06. The molecule has 0 unspecified atom stereocenters. The first-order chi connectivity index (χ1) is 11.6. The Bertz CT molecular complexity index is 849. The molecule has 0 saturated heterocycles. The van der Waals surface area contributed by atoms with Crippen LogP contribution in [0.1, 0.15) is 26.6 Å². The molecule has 0 bridgehead atoms. The summed E-state index contributed by atoms with van der Waals surface area (Å²) in [5.74, 6) is -0.593. The summed E-state index contributed by atoms with van der Waals surface area (Å²) >= 11 is 3.00. The minimum absolute atomic E-state index is 0.198. The average molecular weight is 360 g/mol. The van der Waals surface area contributed by atoms with Crippen LogP contribution in [-0.2, 0) is 16.0 Å². The normalized spacial score (nSPS) is 10.8. The number of rotatable bonds is 6. The van der Waals surface area contributed by atoms with Crippen LogP contribution in [0, 0.1) is 13.8 Å². The number of hydrogen-bond acceptors (Lipinski definition) is 6. The zero-order valence-electron chi connectivity index (χ0n) is 13.3. The van der Waals surface area contributed by atoms with E-state index in [2.05, 4.69) is 4.98 Å². The summed E-state index contributed by atoms with van der Waals surface area (Å²) in [7, 11) is 0. The van der Waals surface area contributed by atoms with Crippen molar-refractivity contribution in [1.29, 1.82) is 0 Å². The van der Waals surface area contributed by atoms with Crippen LogP contribution in [0.15, 0.2) is 35.2 Å². The monoisotopic (exact) mass is 360 g/mol. The van der Waals surface area contributed by atoms with Crippen LogP contribution in [0.3, 0.4) is 0 Å². The van der Waals surface area contributed by atoms with E-state index in [1.54, 1.807) is 6.20 Å². The summed E-state index contributed by atoms with van der Waals surface area (Å²) in [4.78, 5) is 29.4. The molecule has 0 aliphatic carbocycles. The predicted octanol–water partition coefficient (Wildman–Crippen LogP) is 3.58. The lowest BCUT2D eigenvalue weighted by atomic mass is 10.1. The van der Waals surface area contributed by atoms with E-state index in [1.807, 2.05) is 47.4 Å². The number of aryl methyl sites for hydroxylation is 1. The standard InChI is InChI=1S/C17H16N2O3S2/c1-11-8-14(12(2)19(11)17-18-5-7-24-17)15(20)10-22-16(21)9-13-4-3-6-23-13/h3-8H,9-10H2,1-2H3. The fourth-order valence-electron chi connectivity index (χ4n) is 2.50. The molecule has 3 rings (SSSR count). The SMILES string of the molecule is Cc1cc(C(=O)COC(=O)Cc2cccs2)c(C)n1-c1nccs1. The topological polar surface area (TPSA) is 61.2 Å². The Hall–Kier alpha value is -2.25. The van der Waals surface area contributed by atoms with Crippen molar-refractivity contribution >= 4 is 34.4 Å². The van der Waals surface area contributed by atoms with Gasteiger partial charge in [0, 0.05) is 33.4 Å². The van der Waals surface area contributed by atoms with Gasteiger partial charge in [0.05, 0.1) is 6.42 Å². The Morgan fingerprint density at radius 1 is 1.25 bits per heavy atom. The number of thiophene rings is 1. The number of thiazole rings is 1. The molecule has 0 aromatic carbocycles. The number of ketones is 1. The molecule has 124 valence electrons. The van der Waals surface area contributed by atoms with E-state index in [9.17, 15) is 9.59 Å². The van der Waals surface area contributed by atoms with Crippen LogP contribution in [0.5, 0.6) is 0 Å². The van der Waals surface area contributed by atoms with Crippen molar-refractivity contribution in [3.8, 4) is 5.13 Å². The van der Waals surface area contributed by atoms with Crippen LogP contribution >= 0.6 is 22.7 Å². The molecule has 0 N–H and O–H groups in total. The summed E-state index contributed by atoms with van der Waals surface area (Å²) in [6.45, 7) is 3.55. The van der Waals surface area contributed by atoms with Crippen molar-refractivity contribution < 1.29 is 14.3 Å². The number of carbonyl (C=O) groups is 2. The van der Waals surface area contributed by atoms with Gasteiger partial charge in [-0.1, -0.05) is 6.07 Å². The lowest BCUT2D eigenvalue weighted by Crippen LogP contribution is -2.16. The summed E-state index contributed by atoms with van der Waals surface area (Å²) in [6.07, 6.45) is 1.93. The lowest BCUT2D eigenvalue weighted by molar-refractivity contribution is -0.141. The first-order valence-corrected chi connectivity index (χ1v) is 9.12. The maximum atomic E-state index is 12.4. The number of Topliss-reactive ketones (excluding diaryl/α,β-unsaturated/α-hetero) is 1. The Kier molecular flexibility index (Phi) is 4.92. The third-order valence-electron chi connectivity index (χ3n) is 3.61. The number of aromatic nitrogens is 2. The third-order valence-corrected chi connectivity index (χ3v) is 5.24. The Morgan fingerprint density at radius 3 is 2.75 bits per heavy atom. The molecule has 3 heterocycles. The summed E-state index contributed by atoms with van der Waals surface area (Å²) in [5.41, 5.74) is 2.30. The van der Waals surface area contributed by atoms with Gasteiger partial charge in [0.15, 0.2) is 11.7 Å². The Labute approximate surface area is 147 Å². The second kappa shape index (κ2) is 7.11. The summed E-state index contributed by atoms with van der Waals surface area (Å²) in [6, 6.07) is 5.56. The van der Waals surface area contributed by atoms with Gasteiger partial charge in [0.25, 0.3) is 0 Å². The highest BCUT2D eigenvalue weighted by Gasteiger charge is 2.19. The molecule has 0 amide bonds. The van der Waals surface area contributed by atoms with Crippen LogP contribution < -0.4 is 0 Å². The first kappa shape index (κ1) is 16.6. The molecule has 0 aliphatic heterocycles. The molecule has 0 atom stereocenters. The number of nitrogens with zero attached hydrogens (tertiary/aromatic N) is 2. The fraction of sp³-hybridized carbons (Fsp3) is 0.235. The molecule has 0 aliphatic rings. The van der Waals surface area contributed by atoms with Gasteiger partial charge in [-0.2, -0.15) is 0 Å². The number of esters is 1. The van der Waals surface area contributed by atoms with Gasteiger partial charge in [-0.25, -0.2) is 4.98 Å². The van der Waals surface area contributed by atoms with Crippen molar-refractivity contribution in [2.24, 2.45) is 0 Å². The molecule has 0 radical (unpaired) electrons. The number of ether oxygens (including phenoxy) is 1. The van der Waals surface area contributed by atoms with Crippen LogP contribution in [0.2, 0.25) is 0 Å². The number of hydrogen-bond donors (Lipinski definition) is 0. The molecular formula is C17H16N2O3S2. The largest absolute Gasteiger partial charge is 0.457 e. The van der Waals surface area contributed by atoms with Crippen molar-refractivity contribution in [3.05, 3.63) is 57.0 Å². The van der Waals surface area contributed by atoms with Crippen molar-refractivity contribution in [2.75, 3.05) is 6.61 Å². The Morgan fingerprint density at radius 2 is 2.08 bits per heavy atom. The Balaban J connectivity index is 1.67. The molecule has 3 aromatic rings. The molecule has 3 aromatic heterocycles. The van der Waals surface area contributed by atoms with Crippen LogP contribution in [0.4, 0.5) is 0 Å². The maximum Gasteiger partial charge on any atom is 0.311 e.